The molecule has 1 N–H and O–H groups in total. The van der Waals surface area contributed by atoms with E-state index in [9.17, 15) is 9.90 Å². The predicted molar refractivity (Wildman–Crippen MR) is 129 cm³/mol. The summed E-state index contributed by atoms with van der Waals surface area (Å²) >= 11 is 0. The zero-order valence-corrected chi connectivity index (χ0v) is 21.0. The molecular formula is C29H48O2. The number of fused-ring (bicyclic) bond motifs is 5. The van der Waals surface area contributed by atoms with E-state index in [1.165, 1.54) is 57.8 Å². The van der Waals surface area contributed by atoms with E-state index in [2.05, 4.69) is 40.7 Å². The second-order valence-corrected chi connectivity index (χ2v) is 13.0. The van der Waals surface area contributed by atoms with Gasteiger partial charge in [0.2, 0.25) is 0 Å². The van der Waals surface area contributed by atoms with Crippen molar-refractivity contribution in [1.29, 1.82) is 0 Å². The van der Waals surface area contributed by atoms with Crippen molar-refractivity contribution in [2.75, 3.05) is 0 Å². The quantitative estimate of drug-likeness (QED) is 0.416. The highest BCUT2D eigenvalue weighted by Crippen LogP contribution is 2.67. The summed E-state index contributed by atoms with van der Waals surface area (Å²) in [5, 5.41) is 9.28. The second kappa shape index (κ2) is 8.86. The number of allylic oxidation sites excluding steroid dienone is 2. The van der Waals surface area contributed by atoms with Crippen LogP contribution in [0, 0.1) is 52.3 Å². The molecule has 0 saturated heterocycles. The lowest BCUT2D eigenvalue weighted by atomic mass is 9.46. The van der Waals surface area contributed by atoms with E-state index in [4.69, 9.17) is 0 Å². The van der Waals surface area contributed by atoms with Gasteiger partial charge in [0.05, 0.1) is 0 Å². The highest BCUT2D eigenvalue weighted by molar-refractivity contribution is 5.67. The lowest BCUT2D eigenvalue weighted by Crippen LogP contribution is -2.50. The lowest BCUT2D eigenvalue weighted by molar-refractivity contribution is -0.138. The molecule has 3 saturated carbocycles. The Morgan fingerprint density at radius 3 is 2.55 bits per heavy atom. The van der Waals surface area contributed by atoms with Crippen molar-refractivity contribution in [1.82, 2.24) is 0 Å². The molecule has 0 spiro atoms. The van der Waals surface area contributed by atoms with Gasteiger partial charge in [-0.2, -0.15) is 0 Å². The van der Waals surface area contributed by atoms with Gasteiger partial charge in [-0.05, 0) is 104 Å². The first-order valence-electron chi connectivity index (χ1n) is 13.6. The standard InChI is InChI=1S/C29H48O2/c1-19(2)7-6-8-20(3)24-11-12-25-23-10-9-22-17-21(18-27(30)31)13-15-28(22,4)26(23)14-16-29(24,25)5/h9,19-21,23-26H,6-8,10-18H2,1-5H3,(H,30,31)/t20-,21-,23+,24-,25+,26+,28+,29-/m1/s1. The van der Waals surface area contributed by atoms with Gasteiger partial charge in [0.15, 0.2) is 0 Å². The molecule has 0 unspecified atom stereocenters. The van der Waals surface area contributed by atoms with Crippen LogP contribution in [-0.4, -0.2) is 11.1 Å². The average Bonchev–Trinajstić information content (AvgIpc) is 3.05. The molecule has 4 aliphatic rings. The van der Waals surface area contributed by atoms with E-state index >= 15 is 0 Å². The van der Waals surface area contributed by atoms with Crippen LogP contribution in [0.3, 0.4) is 0 Å². The Hall–Kier alpha value is -0.790. The first kappa shape index (κ1) is 23.4. The summed E-state index contributed by atoms with van der Waals surface area (Å²) in [6.07, 6.45) is 17.6. The van der Waals surface area contributed by atoms with Gasteiger partial charge in [-0.3, -0.25) is 4.79 Å². The maximum Gasteiger partial charge on any atom is 0.303 e. The number of carboxylic acid groups (broad SMARTS) is 1. The third kappa shape index (κ3) is 4.26. The summed E-state index contributed by atoms with van der Waals surface area (Å²) in [7, 11) is 0. The van der Waals surface area contributed by atoms with Crippen molar-refractivity contribution in [3.63, 3.8) is 0 Å². The molecule has 0 aromatic heterocycles. The molecule has 3 fully saturated rings. The Morgan fingerprint density at radius 1 is 1.06 bits per heavy atom. The summed E-state index contributed by atoms with van der Waals surface area (Å²) < 4.78 is 0. The molecule has 31 heavy (non-hydrogen) atoms. The normalized spacial score (nSPS) is 43.0. The Labute approximate surface area is 191 Å². The van der Waals surface area contributed by atoms with E-state index in [-0.39, 0.29) is 0 Å². The largest absolute Gasteiger partial charge is 0.481 e. The Kier molecular flexibility index (Phi) is 6.68. The zero-order chi connectivity index (χ0) is 22.4. The van der Waals surface area contributed by atoms with Crippen LogP contribution in [0.25, 0.3) is 0 Å². The SMILES string of the molecule is CC(C)CCC[C@@H](C)[C@H]1CC[C@H]2[C@@H]3CC=C4C[C@H](CC(=O)O)CC[C@]4(C)[C@H]3CC[C@]12C. The smallest absolute Gasteiger partial charge is 0.303 e. The third-order valence-corrected chi connectivity index (χ3v) is 10.9. The molecule has 0 radical (unpaired) electrons. The van der Waals surface area contributed by atoms with Gasteiger partial charge in [0, 0.05) is 6.42 Å². The number of hydrogen-bond acceptors (Lipinski definition) is 1. The summed E-state index contributed by atoms with van der Waals surface area (Å²) in [6.45, 7) is 12.5. The fraction of sp³-hybridized carbons (Fsp3) is 0.897. The van der Waals surface area contributed by atoms with Crippen molar-refractivity contribution >= 4 is 5.97 Å². The predicted octanol–water partition coefficient (Wildman–Crippen LogP) is 8.12. The lowest BCUT2D eigenvalue weighted by Gasteiger charge is -2.58. The van der Waals surface area contributed by atoms with Crippen molar-refractivity contribution < 1.29 is 9.90 Å². The number of carboxylic acids is 1. The molecule has 0 amide bonds. The monoisotopic (exact) mass is 428 g/mol. The zero-order valence-electron chi connectivity index (χ0n) is 21.0. The van der Waals surface area contributed by atoms with Gasteiger partial charge in [0.25, 0.3) is 0 Å². The van der Waals surface area contributed by atoms with Gasteiger partial charge in [-0.25, -0.2) is 0 Å². The minimum Gasteiger partial charge on any atom is -0.481 e. The highest BCUT2D eigenvalue weighted by Gasteiger charge is 2.59. The topological polar surface area (TPSA) is 37.3 Å². The third-order valence-electron chi connectivity index (χ3n) is 10.9. The summed E-state index contributed by atoms with van der Waals surface area (Å²) in [5.41, 5.74) is 2.53. The van der Waals surface area contributed by atoms with Gasteiger partial charge in [-0.15, -0.1) is 0 Å². The van der Waals surface area contributed by atoms with Crippen molar-refractivity contribution in [2.24, 2.45) is 52.3 Å². The average molecular weight is 429 g/mol. The summed E-state index contributed by atoms with van der Waals surface area (Å²) in [5.74, 6) is 5.01. The molecule has 0 aliphatic heterocycles. The minimum atomic E-state index is -0.615. The fourth-order valence-corrected chi connectivity index (χ4v) is 9.18. The fourth-order valence-electron chi connectivity index (χ4n) is 9.18. The molecule has 2 nitrogen and oxygen atoms in total. The van der Waals surface area contributed by atoms with E-state index in [1.807, 2.05) is 0 Å². The molecule has 4 aliphatic carbocycles. The molecule has 176 valence electrons. The van der Waals surface area contributed by atoms with Crippen LogP contribution in [0.1, 0.15) is 112 Å². The van der Waals surface area contributed by atoms with Gasteiger partial charge < -0.3 is 5.11 Å². The molecule has 0 bridgehead atoms. The van der Waals surface area contributed by atoms with E-state index < -0.39 is 5.97 Å². The van der Waals surface area contributed by atoms with Crippen LogP contribution in [0.15, 0.2) is 11.6 Å². The van der Waals surface area contributed by atoms with Crippen LogP contribution in [0.2, 0.25) is 0 Å². The van der Waals surface area contributed by atoms with E-state index in [0.29, 0.717) is 23.2 Å². The first-order valence-corrected chi connectivity index (χ1v) is 13.6. The number of rotatable bonds is 7. The molecule has 0 heterocycles. The summed E-state index contributed by atoms with van der Waals surface area (Å²) in [4.78, 5) is 11.3. The van der Waals surface area contributed by atoms with Gasteiger partial charge in [0.1, 0.15) is 0 Å². The highest BCUT2D eigenvalue weighted by atomic mass is 16.4. The van der Waals surface area contributed by atoms with Gasteiger partial charge >= 0.3 is 5.97 Å². The Balaban J connectivity index is 1.47. The number of carbonyl (C=O) groups is 1. The molecular weight excluding hydrogens is 380 g/mol. The molecule has 4 rings (SSSR count). The van der Waals surface area contributed by atoms with Crippen molar-refractivity contribution in [2.45, 2.75) is 112 Å². The minimum absolute atomic E-state index is 0.347. The van der Waals surface area contributed by atoms with Crippen LogP contribution in [0.4, 0.5) is 0 Å². The summed E-state index contributed by atoms with van der Waals surface area (Å²) in [6, 6.07) is 0. The van der Waals surface area contributed by atoms with Crippen LogP contribution < -0.4 is 0 Å². The molecule has 0 aromatic carbocycles. The van der Waals surface area contributed by atoms with Crippen LogP contribution in [0.5, 0.6) is 0 Å². The molecule has 2 heteroatoms. The first-order chi connectivity index (χ1) is 14.6. The van der Waals surface area contributed by atoms with Crippen LogP contribution >= 0.6 is 0 Å². The number of hydrogen-bond donors (Lipinski definition) is 1. The van der Waals surface area contributed by atoms with E-state index in [1.54, 1.807) is 5.57 Å². The number of aliphatic carboxylic acids is 1. The van der Waals surface area contributed by atoms with Crippen molar-refractivity contribution in [3.05, 3.63) is 11.6 Å². The Morgan fingerprint density at radius 2 is 1.84 bits per heavy atom. The van der Waals surface area contributed by atoms with Gasteiger partial charge in [-0.1, -0.05) is 65.5 Å². The van der Waals surface area contributed by atoms with Crippen LogP contribution in [-0.2, 0) is 4.79 Å². The Bertz CT molecular complexity index is 693. The maximum atomic E-state index is 11.3. The van der Waals surface area contributed by atoms with E-state index in [0.717, 1.165) is 48.3 Å². The second-order valence-electron chi connectivity index (χ2n) is 13.0. The van der Waals surface area contributed by atoms with Crippen molar-refractivity contribution in [3.8, 4) is 0 Å². The maximum absolute atomic E-state index is 11.3. The molecule has 0 aromatic rings. The molecule has 8 atom stereocenters.